The summed E-state index contributed by atoms with van der Waals surface area (Å²) in [7, 11) is 4.46. The highest BCUT2D eigenvalue weighted by Crippen LogP contribution is 2.49. The maximum atomic E-state index is 13.2. The van der Waals surface area contributed by atoms with Crippen molar-refractivity contribution in [1.29, 1.82) is 0 Å². The third-order valence-corrected chi connectivity index (χ3v) is 5.18. The van der Waals surface area contributed by atoms with Gasteiger partial charge in [0.1, 0.15) is 16.8 Å². The molecule has 1 aromatic rings. The summed E-state index contributed by atoms with van der Waals surface area (Å²) in [5.41, 5.74) is -2.44. The highest BCUT2D eigenvalue weighted by atomic mass is 16.5. The molecule has 2 aliphatic heterocycles. The van der Waals surface area contributed by atoms with Crippen molar-refractivity contribution in [1.82, 2.24) is 4.90 Å². The normalized spacial score (nSPS) is 19.3. The van der Waals surface area contributed by atoms with Gasteiger partial charge < -0.3 is 23.8 Å². The average Bonchev–Trinajstić information content (AvgIpc) is 2.85. The van der Waals surface area contributed by atoms with Crippen LogP contribution >= 0.6 is 0 Å². The number of hydrogen-bond donors (Lipinski definition) is 0. The smallest absolute Gasteiger partial charge is 0.355 e. The third-order valence-electron chi connectivity index (χ3n) is 5.18. The quantitative estimate of drug-likeness (QED) is 0.498. The number of carbonyl (C=O) groups excluding carboxylic acids is 4. The highest BCUT2D eigenvalue weighted by Gasteiger charge is 2.55. The largest absolute Gasteiger partial charge is 0.466 e. The van der Waals surface area contributed by atoms with Gasteiger partial charge in [0.05, 0.1) is 39.6 Å². The molecule has 2 heterocycles. The van der Waals surface area contributed by atoms with Gasteiger partial charge in [0.25, 0.3) is 0 Å². The van der Waals surface area contributed by atoms with Gasteiger partial charge >= 0.3 is 23.9 Å². The van der Waals surface area contributed by atoms with Gasteiger partial charge in [0, 0.05) is 6.20 Å². The molecule has 1 aromatic carbocycles. The van der Waals surface area contributed by atoms with Crippen LogP contribution < -0.4 is 0 Å². The average molecular weight is 439 g/mol. The fourth-order valence-corrected chi connectivity index (χ4v) is 3.87. The topological polar surface area (TPSA) is 108 Å². The number of rotatable bonds is 5. The van der Waals surface area contributed by atoms with E-state index in [0.29, 0.717) is 5.56 Å². The molecule has 9 heteroatoms. The standard InChI is InChI=1S/C23H21NO8/c1-29-19(25)15-16(20(26)30-2)18(22(28)32-4)24-13-9-8-12-23(24,17(15)21(27)31-3)14-10-6-5-7-11-14/h5-13H,1-4H3/t23-/m1/s1. The molecule has 0 amide bonds. The Kier molecular flexibility index (Phi) is 6.29. The lowest BCUT2D eigenvalue weighted by molar-refractivity contribution is -0.144. The lowest BCUT2D eigenvalue weighted by Gasteiger charge is -2.47. The second-order valence-electron chi connectivity index (χ2n) is 6.64. The van der Waals surface area contributed by atoms with E-state index in [9.17, 15) is 19.2 Å². The van der Waals surface area contributed by atoms with Crippen LogP contribution in [0.15, 0.2) is 77.2 Å². The van der Waals surface area contributed by atoms with Gasteiger partial charge in [-0.15, -0.1) is 0 Å². The molecule has 0 saturated carbocycles. The van der Waals surface area contributed by atoms with Crippen LogP contribution in [0.5, 0.6) is 0 Å². The Labute approximate surface area is 184 Å². The Morgan fingerprint density at radius 3 is 1.84 bits per heavy atom. The van der Waals surface area contributed by atoms with Crippen molar-refractivity contribution in [2.24, 2.45) is 0 Å². The van der Waals surface area contributed by atoms with Gasteiger partial charge in [-0.2, -0.15) is 0 Å². The molecule has 0 radical (unpaired) electrons. The van der Waals surface area contributed by atoms with Crippen LogP contribution in [0.1, 0.15) is 5.56 Å². The second kappa shape index (κ2) is 8.93. The summed E-state index contributed by atoms with van der Waals surface area (Å²) >= 11 is 0. The fourth-order valence-electron chi connectivity index (χ4n) is 3.87. The van der Waals surface area contributed by atoms with E-state index in [1.807, 2.05) is 0 Å². The van der Waals surface area contributed by atoms with Crippen molar-refractivity contribution < 1.29 is 38.1 Å². The Morgan fingerprint density at radius 2 is 1.28 bits per heavy atom. The SMILES string of the molecule is COC(=O)C1=C(C(=O)OC)N2C=CC=C[C@@]2(c2ccccc2)C(C(=O)OC)=C1C(=O)OC. The predicted octanol–water partition coefficient (Wildman–Crippen LogP) is 1.52. The van der Waals surface area contributed by atoms with Crippen LogP contribution in [0, 0.1) is 0 Å². The van der Waals surface area contributed by atoms with Crippen LogP contribution in [-0.4, -0.2) is 57.2 Å². The van der Waals surface area contributed by atoms with E-state index in [1.54, 1.807) is 48.6 Å². The number of carbonyl (C=O) groups is 4. The van der Waals surface area contributed by atoms with E-state index in [0.717, 1.165) is 28.4 Å². The van der Waals surface area contributed by atoms with E-state index in [2.05, 4.69) is 0 Å². The summed E-state index contributed by atoms with van der Waals surface area (Å²) in [5.74, 6) is -3.87. The summed E-state index contributed by atoms with van der Waals surface area (Å²) in [4.78, 5) is 53.3. The number of ether oxygens (including phenoxy) is 4. The minimum absolute atomic E-state index is 0.216. The summed E-state index contributed by atoms with van der Waals surface area (Å²) < 4.78 is 19.7. The monoisotopic (exact) mass is 439 g/mol. The first-order valence-corrected chi connectivity index (χ1v) is 9.42. The third kappa shape index (κ3) is 3.27. The zero-order chi connectivity index (χ0) is 23.5. The number of allylic oxidation sites excluding steroid dienone is 2. The van der Waals surface area contributed by atoms with Crippen molar-refractivity contribution in [3.05, 3.63) is 82.7 Å². The van der Waals surface area contributed by atoms with Gasteiger partial charge in [0.15, 0.2) is 0 Å². The summed E-state index contributed by atoms with van der Waals surface area (Å²) in [5, 5.41) is 0. The lowest BCUT2D eigenvalue weighted by atomic mass is 9.72. The van der Waals surface area contributed by atoms with Crippen molar-refractivity contribution in [3.63, 3.8) is 0 Å². The fraction of sp³-hybridized carbons (Fsp3) is 0.217. The molecule has 166 valence electrons. The molecule has 0 spiro atoms. The first-order valence-electron chi connectivity index (χ1n) is 9.42. The number of methoxy groups -OCH3 is 4. The highest BCUT2D eigenvalue weighted by molar-refractivity contribution is 6.17. The molecule has 0 bridgehead atoms. The zero-order valence-electron chi connectivity index (χ0n) is 17.9. The molecule has 0 unspecified atom stereocenters. The van der Waals surface area contributed by atoms with Crippen LogP contribution in [-0.2, 0) is 43.7 Å². The number of nitrogens with zero attached hydrogens (tertiary/aromatic N) is 1. The van der Waals surface area contributed by atoms with Crippen LogP contribution in [0.3, 0.4) is 0 Å². The lowest BCUT2D eigenvalue weighted by Crippen LogP contribution is -2.52. The van der Waals surface area contributed by atoms with Gasteiger partial charge in [-0.1, -0.05) is 36.4 Å². The predicted molar refractivity (Wildman–Crippen MR) is 110 cm³/mol. The van der Waals surface area contributed by atoms with Gasteiger partial charge in [-0.3, -0.25) is 0 Å². The molecule has 32 heavy (non-hydrogen) atoms. The minimum Gasteiger partial charge on any atom is -0.466 e. The van der Waals surface area contributed by atoms with Crippen LogP contribution in [0.4, 0.5) is 0 Å². The van der Waals surface area contributed by atoms with Gasteiger partial charge in [0.2, 0.25) is 0 Å². The molecule has 0 fully saturated rings. The van der Waals surface area contributed by atoms with Crippen molar-refractivity contribution in [2.75, 3.05) is 28.4 Å². The molecule has 0 saturated heterocycles. The van der Waals surface area contributed by atoms with E-state index in [-0.39, 0.29) is 11.3 Å². The van der Waals surface area contributed by atoms with E-state index in [4.69, 9.17) is 18.9 Å². The maximum absolute atomic E-state index is 13.2. The first-order chi connectivity index (χ1) is 15.4. The van der Waals surface area contributed by atoms with E-state index < -0.39 is 40.6 Å². The molecule has 0 aliphatic carbocycles. The summed E-state index contributed by atoms with van der Waals surface area (Å²) in [6.45, 7) is 0. The van der Waals surface area contributed by atoms with Crippen LogP contribution in [0.2, 0.25) is 0 Å². The Hall–Kier alpha value is -4.14. The van der Waals surface area contributed by atoms with Gasteiger partial charge in [-0.05, 0) is 17.7 Å². The summed E-state index contributed by atoms with van der Waals surface area (Å²) in [6.07, 6.45) is 6.38. The molecule has 9 nitrogen and oxygen atoms in total. The van der Waals surface area contributed by atoms with E-state index in [1.165, 1.54) is 11.1 Å². The van der Waals surface area contributed by atoms with Crippen molar-refractivity contribution in [2.45, 2.75) is 5.54 Å². The van der Waals surface area contributed by atoms with Crippen molar-refractivity contribution >= 4 is 23.9 Å². The number of esters is 4. The minimum atomic E-state index is -1.52. The van der Waals surface area contributed by atoms with Crippen LogP contribution in [0.25, 0.3) is 0 Å². The molecule has 2 aliphatic rings. The molecule has 1 atom stereocenters. The Morgan fingerprint density at radius 1 is 0.719 bits per heavy atom. The number of hydrogen-bond acceptors (Lipinski definition) is 9. The Balaban J connectivity index is 2.60. The van der Waals surface area contributed by atoms with Crippen molar-refractivity contribution in [3.8, 4) is 0 Å². The number of benzene rings is 1. The number of fused-ring (bicyclic) bond motifs is 1. The molecule has 3 rings (SSSR count). The van der Waals surface area contributed by atoms with Gasteiger partial charge in [-0.25, -0.2) is 19.2 Å². The first kappa shape index (κ1) is 22.5. The zero-order valence-corrected chi connectivity index (χ0v) is 17.9. The maximum Gasteiger partial charge on any atom is 0.355 e. The summed E-state index contributed by atoms with van der Waals surface area (Å²) in [6, 6.07) is 8.67. The molecular formula is C23H21NO8. The van der Waals surface area contributed by atoms with E-state index >= 15 is 0 Å². The second-order valence-corrected chi connectivity index (χ2v) is 6.64. The molecular weight excluding hydrogens is 418 g/mol. The molecule has 0 aromatic heterocycles. The Bertz CT molecular complexity index is 1100. The molecule has 0 N–H and O–H groups in total.